The molecule has 0 unspecified atom stereocenters. The third-order valence-corrected chi connectivity index (χ3v) is 10.1. The predicted octanol–water partition coefficient (Wildman–Crippen LogP) is 4.74. The number of carboxylic acids is 1. The minimum atomic E-state index is -4.80. The number of aryl methyl sites for hydroxylation is 1. The van der Waals surface area contributed by atoms with Gasteiger partial charge in [0.15, 0.2) is 14.6 Å². The molecule has 1 saturated heterocycles. The lowest BCUT2D eigenvalue weighted by Crippen LogP contribution is -2.55. The summed E-state index contributed by atoms with van der Waals surface area (Å²) in [5.74, 6) is -1.30. The number of rotatable bonds is 12. The standard InChI is InChI=1S/C31H30F3N5O8S/c32-31(33,34)47-25-9-7-23(8-10-25)27-35-37-39(36-27)17-4-20-45-24-11-13-26(14-12-24)48(43,44)30(28(40)41)15-18-38(19-16-30)29(42)46-21-22-5-2-1-3-6-22/h1-3,5-14H,4,15-21H2,(H,40,41). The molecule has 48 heavy (non-hydrogen) atoms. The first-order valence-corrected chi connectivity index (χ1v) is 16.2. The Labute approximate surface area is 272 Å². The van der Waals surface area contributed by atoms with Gasteiger partial charge in [-0.1, -0.05) is 30.3 Å². The summed E-state index contributed by atoms with van der Waals surface area (Å²) in [6, 6.07) is 19.5. The highest BCUT2D eigenvalue weighted by molar-refractivity contribution is 7.93. The summed E-state index contributed by atoms with van der Waals surface area (Å²) < 4.78 is 77.0. The molecular formula is C31H30F3N5O8S. The molecule has 1 amide bonds. The van der Waals surface area contributed by atoms with Gasteiger partial charge < -0.3 is 24.2 Å². The van der Waals surface area contributed by atoms with Crippen LogP contribution in [0, 0.1) is 0 Å². The van der Waals surface area contributed by atoms with E-state index in [-0.39, 0.29) is 55.6 Å². The summed E-state index contributed by atoms with van der Waals surface area (Å²) in [5, 5.41) is 22.1. The first-order valence-electron chi connectivity index (χ1n) is 14.7. The lowest BCUT2D eigenvalue weighted by molar-refractivity contribution is -0.274. The second-order valence-electron chi connectivity index (χ2n) is 10.8. The lowest BCUT2D eigenvalue weighted by atomic mass is 9.96. The Kier molecular flexibility index (Phi) is 10.2. The quantitative estimate of drug-likeness (QED) is 0.205. The van der Waals surface area contributed by atoms with Crippen molar-refractivity contribution in [3.8, 4) is 22.9 Å². The van der Waals surface area contributed by atoms with Gasteiger partial charge in [0.25, 0.3) is 0 Å². The fraction of sp³-hybridized carbons (Fsp3) is 0.323. The number of benzene rings is 3. The van der Waals surface area contributed by atoms with Crippen LogP contribution in [0.5, 0.6) is 11.5 Å². The number of hydrogen-bond donors (Lipinski definition) is 1. The third kappa shape index (κ3) is 8.02. The second kappa shape index (κ2) is 14.3. The number of carbonyl (C=O) groups excluding carboxylic acids is 1. The van der Waals surface area contributed by atoms with Gasteiger partial charge in [-0.25, -0.2) is 13.2 Å². The molecule has 0 radical (unpaired) electrons. The van der Waals surface area contributed by atoms with Crippen LogP contribution in [0.1, 0.15) is 24.8 Å². The molecule has 4 aromatic rings. The fourth-order valence-electron chi connectivity index (χ4n) is 5.05. The van der Waals surface area contributed by atoms with Crippen LogP contribution < -0.4 is 9.47 Å². The summed E-state index contributed by atoms with van der Waals surface area (Å²) >= 11 is 0. The molecule has 5 rings (SSSR count). The van der Waals surface area contributed by atoms with Crippen LogP contribution in [0.3, 0.4) is 0 Å². The largest absolute Gasteiger partial charge is 0.573 e. The Hall–Kier alpha value is -5.19. The van der Waals surface area contributed by atoms with Crippen LogP contribution in [-0.4, -0.2) is 81.5 Å². The van der Waals surface area contributed by atoms with E-state index in [0.717, 1.165) is 17.7 Å². The molecule has 1 aliphatic rings. The zero-order valence-electron chi connectivity index (χ0n) is 25.2. The zero-order valence-corrected chi connectivity index (χ0v) is 26.1. The van der Waals surface area contributed by atoms with Gasteiger partial charge in [-0.2, -0.15) is 4.80 Å². The number of carbonyl (C=O) groups is 2. The predicted molar refractivity (Wildman–Crippen MR) is 161 cm³/mol. The molecule has 1 fully saturated rings. The van der Waals surface area contributed by atoms with E-state index in [0.29, 0.717) is 24.3 Å². The molecule has 3 aromatic carbocycles. The van der Waals surface area contributed by atoms with Crippen molar-refractivity contribution >= 4 is 21.9 Å². The maximum Gasteiger partial charge on any atom is 0.573 e. The Balaban J connectivity index is 1.11. The van der Waals surface area contributed by atoms with E-state index in [4.69, 9.17) is 9.47 Å². The Morgan fingerprint density at radius 1 is 0.917 bits per heavy atom. The molecule has 0 bridgehead atoms. The highest BCUT2D eigenvalue weighted by Gasteiger charge is 2.54. The number of piperidine rings is 1. The van der Waals surface area contributed by atoms with E-state index in [1.54, 1.807) is 24.3 Å². The zero-order chi connectivity index (χ0) is 34.4. The third-order valence-electron chi connectivity index (χ3n) is 7.64. The number of sulfone groups is 1. The number of amides is 1. The first kappa shape index (κ1) is 34.2. The minimum absolute atomic E-state index is 0.0377. The van der Waals surface area contributed by atoms with Crippen molar-refractivity contribution in [1.82, 2.24) is 25.1 Å². The van der Waals surface area contributed by atoms with Crippen LogP contribution in [0.15, 0.2) is 83.8 Å². The normalized spacial score (nSPS) is 14.7. The molecule has 0 aliphatic carbocycles. The number of carboxylic acid groups (broad SMARTS) is 1. The van der Waals surface area contributed by atoms with Crippen LogP contribution in [0.4, 0.5) is 18.0 Å². The van der Waals surface area contributed by atoms with E-state index >= 15 is 0 Å². The number of halogens is 3. The monoisotopic (exact) mass is 689 g/mol. The molecule has 13 nitrogen and oxygen atoms in total. The summed E-state index contributed by atoms with van der Waals surface area (Å²) in [6.45, 7) is 0.321. The number of alkyl halides is 3. The van der Waals surface area contributed by atoms with Gasteiger partial charge in [0.2, 0.25) is 5.82 Å². The van der Waals surface area contributed by atoms with E-state index in [1.807, 2.05) is 6.07 Å². The Morgan fingerprint density at radius 3 is 2.19 bits per heavy atom. The van der Waals surface area contributed by atoms with Crippen molar-refractivity contribution < 1.29 is 50.5 Å². The first-order chi connectivity index (χ1) is 22.9. The Bertz CT molecular complexity index is 1810. The van der Waals surface area contributed by atoms with Crippen molar-refractivity contribution in [2.24, 2.45) is 0 Å². The minimum Gasteiger partial charge on any atom is -0.494 e. The highest BCUT2D eigenvalue weighted by atomic mass is 32.2. The molecule has 1 N–H and O–H groups in total. The van der Waals surface area contributed by atoms with Gasteiger partial charge in [0, 0.05) is 25.1 Å². The van der Waals surface area contributed by atoms with E-state index in [1.165, 1.54) is 46.1 Å². The summed E-state index contributed by atoms with van der Waals surface area (Å²) in [6.07, 6.45) is -5.63. The van der Waals surface area contributed by atoms with Gasteiger partial charge in [0.1, 0.15) is 18.1 Å². The SMILES string of the molecule is O=C(OCc1ccccc1)N1CCC(C(=O)O)(S(=O)(=O)c2ccc(OCCCn3nnc(-c4ccc(OC(F)(F)F)cc4)n3)cc2)CC1. The van der Waals surface area contributed by atoms with Gasteiger partial charge in [0.05, 0.1) is 18.0 Å². The summed E-state index contributed by atoms with van der Waals surface area (Å²) in [7, 11) is -4.35. The molecule has 2 heterocycles. The number of tetrazole rings is 1. The molecule has 254 valence electrons. The summed E-state index contributed by atoms with van der Waals surface area (Å²) in [5.41, 5.74) is 1.23. The molecule has 0 saturated carbocycles. The van der Waals surface area contributed by atoms with Crippen molar-refractivity contribution in [3.05, 3.63) is 84.4 Å². The van der Waals surface area contributed by atoms with E-state index < -0.39 is 33.0 Å². The Morgan fingerprint density at radius 2 is 1.56 bits per heavy atom. The molecule has 0 atom stereocenters. The van der Waals surface area contributed by atoms with Crippen LogP contribution in [0.2, 0.25) is 0 Å². The molecule has 1 aromatic heterocycles. The van der Waals surface area contributed by atoms with Crippen LogP contribution in [0.25, 0.3) is 11.4 Å². The number of ether oxygens (including phenoxy) is 3. The van der Waals surface area contributed by atoms with Crippen molar-refractivity contribution in [2.75, 3.05) is 19.7 Å². The molecule has 1 aliphatic heterocycles. The maximum absolute atomic E-state index is 13.6. The average molecular weight is 690 g/mol. The van der Waals surface area contributed by atoms with Gasteiger partial charge in [-0.05, 0) is 72.1 Å². The lowest BCUT2D eigenvalue weighted by Gasteiger charge is -2.37. The summed E-state index contributed by atoms with van der Waals surface area (Å²) in [4.78, 5) is 27.4. The number of nitrogens with zero attached hydrogens (tertiary/aromatic N) is 5. The topological polar surface area (TPSA) is 163 Å². The number of aromatic nitrogens is 4. The highest BCUT2D eigenvalue weighted by Crippen LogP contribution is 2.37. The van der Waals surface area contributed by atoms with Gasteiger partial charge in [-0.3, -0.25) is 4.79 Å². The second-order valence-corrected chi connectivity index (χ2v) is 13.0. The van der Waals surface area contributed by atoms with Crippen LogP contribution in [-0.2, 0) is 32.5 Å². The van der Waals surface area contributed by atoms with E-state index in [2.05, 4.69) is 20.1 Å². The maximum atomic E-state index is 13.6. The van der Waals surface area contributed by atoms with Gasteiger partial charge in [-0.15, -0.1) is 23.4 Å². The number of hydrogen-bond acceptors (Lipinski definition) is 10. The van der Waals surface area contributed by atoms with Crippen molar-refractivity contribution in [3.63, 3.8) is 0 Å². The molecular weight excluding hydrogens is 659 g/mol. The van der Waals surface area contributed by atoms with Crippen molar-refractivity contribution in [1.29, 1.82) is 0 Å². The number of aliphatic carboxylic acids is 1. The number of likely N-dealkylation sites (tertiary alicyclic amines) is 1. The van der Waals surface area contributed by atoms with E-state index in [9.17, 15) is 36.3 Å². The van der Waals surface area contributed by atoms with Crippen LogP contribution >= 0.6 is 0 Å². The smallest absolute Gasteiger partial charge is 0.494 e. The van der Waals surface area contributed by atoms with Crippen molar-refractivity contribution in [2.45, 2.75) is 48.4 Å². The average Bonchev–Trinajstić information content (AvgIpc) is 3.55. The molecule has 0 spiro atoms. The fourth-order valence-corrected chi connectivity index (χ4v) is 6.95. The molecule has 17 heteroatoms. The van der Waals surface area contributed by atoms with Gasteiger partial charge >= 0.3 is 18.4 Å².